The first-order valence-electron chi connectivity index (χ1n) is 19.1. The second-order valence-electron chi connectivity index (χ2n) is 14.4. The number of nitrogens with one attached hydrogen (secondary N) is 2. The largest absolute Gasteiger partial charge is 2.00 e. The minimum Gasteiger partial charge on any atom is -0.660 e. The molecule has 3 unspecified atom stereocenters. The maximum Gasteiger partial charge on any atom is 2.00 e. The molecule has 337 valence electrons. The van der Waals surface area contributed by atoms with Gasteiger partial charge >= 0.3 is 34.1 Å². The van der Waals surface area contributed by atoms with Crippen LogP contribution in [0.3, 0.4) is 0 Å². The Morgan fingerprint density at radius 1 is 0.491 bits per heavy atom. The molecule has 0 aromatic heterocycles. The van der Waals surface area contributed by atoms with E-state index in [1.54, 1.807) is 0 Å². The van der Waals surface area contributed by atoms with Gasteiger partial charge in [0.15, 0.2) is 25.2 Å². The molecule has 3 radical (unpaired) electrons. The molecule has 4 aliphatic heterocycles. The topological polar surface area (TPSA) is 305 Å². The Hall–Kier alpha value is 0.0784. The van der Waals surface area contributed by atoms with Crippen LogP contribution < -0.4 is 10.6 Å². The molecular formula is C36H70Cu3N6O10. The van der Waals surface area contributed by atoms with Gasteiger partial charge in [-0.3, -0.25) is 0 Å². The Morgan fingerprint density at radius 3 is 1.07 bits per heavy atom. The van der Waals surface area contributed by atoms with Gasteiger partial charge in [-0.2, -0.15) is 0 Å². The van der Waals surface area contributed by atoms with Crippen molar-refractivity contribution in [2.75, 3.05) is 26.2 Å². The summed E-state index contributed by atoms with van der Waals surface area (Å²) in [6.07, 6.45) is 18.9. The Labute approximate surface area is 360 Å². The van der Waals surface area contributed by atoms with Crippen LogP contribution in [0.2, 0.25) is 0 Å². The van der Waals surface area contributed by atoms with E-state index < -0.39 is 25.2 Å². The SMILES string of the molecule is C1=CC[N-]C(NC2CCCC[N-]2)=C1.C1CCC(NC2CCCC[N-]2)[N-]C1.O.O.OC(O)C1CCC(C(O)O)CC1.OC(O)C1CCC(C(O)O)CC1.[Cu+2].[Cu+2].[Cu]. The van der Waals surface area contributed by atoms with Crippen LogP contribution >= 0.6 is 0 Å². The molecule has 2 saturated carbocycles. The number of hydrogen-bond donors (Lipinski definition) is 10. The number of hydrogen-bond acceptors (Lipinski definition) is 10. The summed E-state index contributed by atoms with van der Waals surface area (Å²) >= 11 is 0. The molecule has 2 aliphatic carbocycles. The van der Waals surface area contributed by atoms with Gasteiger partial charge in [-0.05, 0) is 57.9 Å². The van der Waals surface area contributed by atoms with Gasteiger partial charge in [0.25, 0.3) is 0 Å². The molecule has 0 aromatic rings. The Kier molecular flexibility index (Phi) is 37.7. The van der Waals surface area contributed by atoms with Crippen LogP contribution in [0.15, 0.2) is 24.0 Å². The fourth-order valence-electron chi connectivity index (χ4n) is 7.15. The summed E-state index contributed by atoms with van der Waals surface area (Å²) < 4.78 is 0. The Bertz CT molecular complexity index is 850. The first-order valence-corrected chi connectivity index (χ1v) is 19.1. The zero-order valence-corrected chi connectivity index (χ0v) is 34.5. The summed E-state index contributed by atoms with van der Waals surface area (Å²) in [4.78, 5) is 0. The molecule has 14 N–H and O–H groups in total. The van der Waals surface area contributed by atoms with Gasteiger partial charge in [-0.15, -0.1) is 25.8 Å². The number of rotatable bonds is 8. The number of allylic oxidation sites excluding steroid dienone is 2. The summed E-state index contributed by atoms with van der Waals surface area (Å²) in [5, 5.41) is 95.4. The summed E-state index contributed by atoms with van der Waals surface area (Å²) in [5.74, 6) is 0.651. The van der Waals surface area contributed by atoms with Crippen molar-refractivity contribution >= 4 is 0 Å². The van der Waals surface area contributed by atoms with E-state index in [4.69, 9.17) is 40.9 Å². The maximum absolute atomic E-state index is 8.83. The molecule has 0 spiro atoms. The van der Waals surface area contributed by atoms with E-state index in [1.165, 1.54) is 51.4 Å². The van der Waals surface area contributed by atoms with E-state index in [0.29, 0.717) is 69.9 Å². The summed E-state index contributed by atoms with van der Waals surface area (Å²) in [6, 6.07) is 0. The van der Waals surface area contributed by atoms with Crippen LogP contribution in [0, 0.1) is 23.7 Å². The van der Waals surface area contributed by atoms with E-state index in [-0.39, 0.29) is 85.8 Å². The van der Waals surface area contributed by atoms with E-state index in [2.05, 4.69) is 31.9 Å². The van der Waals surface area contributed by atoms with Crippen molar-refractivity contribution in [3.63, 3.8) is 0 Å². The van der Waals surface area contributed by atoms with E-state index in [1.807, 2.05) is 18.2 Å². The molecule has 55 heavy (non-hydrogen) atoms. The molecule has 5 fully saturated rings. The quantitative estimate of drug-likeness (QED) is 0.124. The number of nitrogens with zero attached hydrogens (tertiary/aromatic N) is 4. The number of piperidine rings is 3. The first-order chi connectivity index (χ1) is 24.1. The van der Waals surface area contributed by atoms with E-state index >= 15 is 0 Å². The fourth-order valence-corrected chi connectivity index (χ4v) is 7.15. The van der Waals surface area contributed by atoms with Crippen LogP contribution in [-0.2, 0) is 51.2 Å². The third kappa shape index (κ3) is 25.3. The van der Waals surface area contributed by atoms with Gasteiger partial charge in [0.1, 0.15) is 0 Å². The molecule has 6 aliphatic rings. The van der Waals surface area contributed by atoms with Gasteiger partial charge in [-0.1, -0.05) is 94.2 Å². The molecule has 3 atom stereocenters. The molecule has 16 nitrogen and oxygen atoms in total. The zero-order valence-electron chi connectivity index (χ0n) is 31.7. The van der Waals surface area contributed by atoms with Crippen molar-refractivity contribution in [2.45, 2.75) is 153 Å². The van der Waals surface area contributed by atoms with Gasteiger partial charge < -0.3 is 83.7 Å². The Balaban J connectivity index is -0.000000637. The van der Waals surface area contributed by atoms with Crippen molar-refractivity contribution in [3.05, 3.63) is 45.3 Å². The second-order valence-corrected chi connectivity index (χ2v) is 14.4. The monoisotopic (exact) mass is 935 g/mol. The number of aliphatic hydroxyl groups excluding tert-OH is 4. The normalized spacial score (nSPS) is 28.8. The van der Waals surface area contributed by atoms with E-state index in [0.717, 1.165) is 38.4 Å². The fraction of sp³-hybridized carbons (Fsp3) is 0.889. The van der Waals surface area contributed by atoms with Gasteiger partial charge in [-0.25, -0.2) is 0 Å². The predicted molar refractivity (Wildman–Crippen MR) is 200 cm³/mol. The smallest absolute Gasteiger partial charge is 0.660 e. The van der Waals surface area contributed by atoms with Crippen molar-refractivity contribution in [3.8, 4) is 0 Å². The average Bonchev–Trinajstić information content (AvgIpc) is 3.14. The number of aliphatic hydroxyl groups is 8. The predicted octanol–water partition coefficient (Wildman–Crippen LogP) is 1.76. The molecule has 0 amide bonds. The average molecular weight is 938 g/mol. The third-order valence-electron chi connectivity index (χ3n) is 10.5. The molecule has 19 heteroatoms. The van der Waals surface area contributed by atoms with Gasteiger partial charge in [0.05, 0.1) is 0 Å². The second kappa shape index (κ2) is 34.9. The molecular weight excluding hydrogens is 867 g/mol. The van der Waals surface area contributed by atoms with E-state index in [9.17, 15) is 0 Å². The van der Waals surface area contributed by atoms with Crippen molar-refractivity contribution in [2.24, 2.45) is 23.7 Å². The van der Waals surface area contributed by atoms with Crippen LogP contribution in [0.4, 0.5) is 0 Å². The third-order valence-corrected chi connectivity index (χ3v) is 10.5. The van der Waals surface area contributed by atoms with Crippen LogP contribution in [0.5, 0.6) is 0 Å². The summed E-state index contributed by atoms with van der Waals surface area (Å²) in [5.41, 5.74) is 0. The van der Waals surface area contributed by atoms with Gasteiger partial charge in [0, 0.05) is 40.7 Å². The minimum absolute atomic E-state index is 0. The molecule has 3 saturated heterocycles. The molecule has 6 rings (SSSR count). The zero-order chi connectivity index (χ0) is 36.1. The molecule has 0 aromatic carbocycles. The van der Waals surface area contributed by atoms with Crippen molar-refractivity contribution in [1.29, 1.82) is 0 Å². The van der Waals surface area contributed by atoms with Crippen LogP contribution in [0.25, 0.3) is 21.3 Å². The summed E-state index contributed by atoms with van der Waals surface area (Å²) in [7, 11) is 0. The van der Waals surface area contributed by atoms with Crippen molar-refractivity contribution < 1.29 is 103 Å². The first kappa shape index (κ1) is 59.4. The van der Waals surface area contributed by atoms with Gasteiger partial charge in [0.2, 0.25) is 0 Å². The maximum atomic E-state index is 8.83. The van der Waals surface area contributed by atoms with Crippen LogP contribution in [0.1, 0.15) is 109 Å². The molecule has 4 heterocycles. The summed E-state index contributed by atoms with van der Waals surface area (Å²) in [6.45, 7) is 3.89. The minimum atomic E-state index is -1.25. The van der Waals surface area contributed by atoms with Crippen LogP contribution in [-0.4, -0.2) is 122 Å². The van der Waals surface area contributed by atoms with Crippen molar-refractivity contribution in [1.82, 2.24) is 10.6 Å². The Morgan fingerprint density at radius 2 is 0.818 bits per heavy atom. The standard InChI is InChI=1S/C10H19N3.C10H15N3.2C8H16O4.3Cu.2H2O/c2*1-3-7-11-9(5-1)13-10-6-2-4-8-12-10;2*9-7(10)5-1-2-6(4-3-5)8(11)12;;;;;/h9-10,13H,1-8H2;1,3,5,10,13H,2,4,6-8H2;2*5-12H,1-4H2;;;;2*1H2/q2*-2;;;;2*+2;;. The molecule has 0 bridgehead atoms.